The van der Waals surface area contributed by atoms with Crippen LogP contribution in [0.1, 0.15) is 57.0 Å². The lowest BCUT2D eigenvalue weighted by Crippen LogP contribution is -2.11. The SMILES string of the molecule is C=C/C=C(\C=C/C)c1nc(NC2=C(C)CCC(C(C)C3CC3)=C2)sc1CO. The molecule has 1 heterocycles. The molecule has 1 unspecified atom stereocenters. The Kier molecular flexibility index (Phi) is 6.51. The van der Waals surface area contributed by atoms with Crippen LogP contribution in [-0.2, 0) is 6.61 Å². The highest BCUT2D eigenvalue weighted by Crippen LogP contribution is 2.43. The van der Waals surface area contributed by atoms with Gasteiger partial charge in [-0.25, -0.2) is 4.98 Å². The van der Waals surface area contributed by atoms with Crippen molar-refractivity contribution in [3.05, 3.63) is 64.4 Å². The Hall–Kier alpha value is -1.91. The maximum atomic E-state index is 9.80. The van der Waals surface area contributed by atoms with Crippen LogP contribution in [0.5, 0.6) is 0 Å². The first-order valence-electron chi connectivity index (χ1n) is 9.81. The van der Waals surface area contributed by atoms with Crippen molar-refractivity contribution in [3.63, 3.8) is 0 Å². The normalized spacial score (nSPS) is 19.4. The molecule has 1 atom stereocenters. The van der Waals surface area contributed by atoms with E-state index in [0.717, 1.165) is 33.6 Å². The standard InChI is InChI=1S/C23H30N2OS/c1-5-7-18(8-6-2)22-21(14-26)27-23(25-22)24-20-13-19(10-9-15(20)3)16(4)17-11-12-17/h5-8,13,16-17,26H,1,9-12,14H2,2-4H3,(H,24,25)/b8-6-,18-7+. The predicted octanol–water partition coefficient (Wildman–Crippen LogP) is 6.23. The molecule has 0 radical (unpaired) electrons. The number of nitrogens with zero attached hydrogens (tertiary/aromatic N) is 1. The Morgan fingerprint density at radius 2 is 2.22 bits per heavy atom. The minimum atomic E-state index is -0.0153. The second-order valence-corrected chi connectivity index (χ2v) is 8.55. The van der Waals surface area contributed by atoms with E-state index in [-0.39, 0.29) is 6.61 Å². The average Bonchev–Trinajstić information content (AvgIpc) is 3.43. The number of allylic oxidation sites excluding steroid dienone is 8. The van der Waals surface area contributed by atoms with Crippen LogP contribution in [0.4, 0.5) is 5.13 Å². The molecule has 3 nitrogen and oxygen atoms in total. The van der Waals surface area contributed by atoms with Crippen molar-refractivity contribution in [1.82, 2.24) is 4.98 Å². The Labute approximate surface area is 166 Å². The quantitative estimate of drug-likeness (QED) is 0.524. The second-order valence-electron chi connectivity index (χ2n) is 7.47. The largest absolute Gasteiger partial charge is 0.391 e. The van der Waals surface area contributed by atoms with Crippen LogP contribution in [0.3, 0.4) is 0 Å². The molecule has 0 aliphatic heterocycles. The van der Waals surface area contributed by atoms with Gasteiger partial charge in [-0.05, 0) is 63.0 Å². The summed E-state index contributed by atoms with van der Waals surface area (Å²) >= 11 is 1.52. The highest BCUT2D eigenvalue weighted by atomic mass is 32.1. The lowest BCUT2D eigenvalue weighted by molar-refractivity contribution is 0.285. The molecule has 0 saturated heterocycles. The third-order valence-corrected chi connectivity index (χ3v) is 6.45. The molecule has 27 heavy (non-hydrogen) atoms. The Morgan fingerprint density at radius 3 is 2.85 bits per heavy atom. The smallest absolute Gasteiger partial charge is 0.188 e. The molecule has 144 valence electrons. The molecule has 1 aromatic heterocycles. The third kappa shape index (κ3) is 4.69. The number of rotatable bonds is 8. The first kappa shape index (κ1) is 19.8. The van der Waals surface area contributed by atoms with E-state index < -0.39 is 0 Å². The molecule has 4 heteroatoms. The molecule has 0 bridgehead atoms. The molecule has 3 rings (SSSR count). The van der Waals surface area contributed by atoms with Gasteiger partial charge in [-0.1, -0.05) is 54.7 Å². The highest BCUT2D eigenvalue weighted by molar-refractivity contribution is 7.15. The number of hydrogen-bond acceptors (Lipinski definition) is 4. The van der Waals surface area contributed by atoms with Gasteiger partial charge in [0.2, 0.25) is 0 Å². The molecular weight excluding hydrogens is 352 g/mol. The fourth-order valence-electron chi connectivity index (χ4n) is 3.62. The summed E-state index contributed by atoms with van der Waals surface area (Å²) in [4.78, 5) is 5.65. The molecule has 2 N–H and O–H groups in total. The Bertz CT molecular complexity index is 821. The van der Waals surface area contributed by atoms with Crippen molar-refractivity contribution in [1.29, 1.82) is 0 Å². The summed E-state index contributed by atoms with van der Waals surface area (Å²) in [5.41, 5.74) is 5.90. The van der Waals surface area contributed by atoms with E-state index in [4.69, 9.17) is 4.98 Å². The Morgan fingerprint density at radius 1 is 1.44 bits per heavy atom. The number of nitrogens with one attached hydrogen (secondary N) is 1. The summed E-state index contributed by atoms with van der Waals surface area (Å²) < 4.78 is 0. The monoisotopic (exact) mass is 382 g/mol. The molecule has 2 aliphatic rings. The van der Waals surface area contributed by atoms with E-state index in [0.29, 0.717) is 5.92 Å². The van der Waals surface area contributed by atoms with Crippen molar-refractivity contribution in [3.8, 4) is 0 Å². The van der Waals surface area contributed by atoms with Crippen LogP contribution in [0, 0.1) is 11.8 Å². The number of aliphatic hydroxyl groups is 1. The van der Waals surface area contributed by atoms with Crippen LogP contribution < -0.4 is 5.32 Å². The van der Waals surface area contributed by atoms with Gasteiger partial charge in [0.25, 0.3) is 0 Å². The minimum absolute atomic E-state index is 0.0153. The summed E-state index contributed by atoms with van der Waals surface area (Å²) in [5.74, 6) is 1.57. The molecule has 1 fully saturated rings. The Balaban J connectivity index is 1.86. The molecule has 0 aromatic carbocycles. The molecular formula is C23H30N2OS. The van der Waals surface area contributed by atoms with Crippen LogP contribution in [0.25, 0.3) is 5.57 Å². The number of aromatic nitrogens is 1. The minimum Gasteiger partial charge on any atom is -0.391 e. The number of hydrogen-bond donors (Lipinski definition) is 2. The lowest BCUT2D eigenvalue weighted by atomic mass is 9.86. The average molecular weight is 383 g/mol. The maximum absolute atomic E-state index is 9.80. The van der Waals surface area contributed by atoms with E-state index >= 15 is 0 Å². The van der Waals surface area contributed by atoms with Gasteiger partial charge in [-0.2, -0.15) is 0 Å². The fourth-order valence-corrected chi connectivity index (χ4v) is 4.48. The topological polar surface area (TPSA) is 45.2 Å². The van der Waals surface area contributed by atoms with Crippen LogP contribution in [0.2, 0.25) is 0 Å². The predicted molar refractivity (Wildman–Crippen MR) is 117 cm³/mol. The maximum Gasteiger partial charge on any atom is 0.188 e. The lowest BCUT2D eigenvalue weighted by Gasteiger charge is -2.22. The second kappa shape index (κ2) is 8.85. The van der Waals surface area contributed by atoms with Crippen LogP contribution in [-0.4, -0.2) is 10.1 Å². The van der Waals surface area contributed by atoms with Gasteiger partial charge in [0, 0.05) is 11.3 Å². The molecule has 1 aromatic rings. The van der Waals surface area contributed by atoms with Crippen LogP contribution in [0.15, 0.2) is 53.8 Å². The number of anilines is 1. The van der Waals surface area contributed by atoms with Gasteiger partial charge in [0.15, 0.2) is 5.13 Å². The van der Waals surface area contributed by atoms with Crippen molar-refractivity contribution in [2.45, 2.75) is 53.1 Å². The zero-order chi connectivity index (χ0) is 19.4. The van der Waals surface area contributed by atoms with E-state index in [9.17, 15) is 5.11 Å². The van der Waals surface area contributed by atoms with E-state index in [1.165, 1.54) is 41.9 Å². The van der Waals surface area contributed by atoms with Gasteiger partial charge in [0.1, 0.15) is 0 Å². The third-order valence-electron chi connectivity index (χ3n) is 5.49. The molecule has 0 spiro atoms. The van der Waals surface area contributed by atoms with E-state index in [2.05, 4.69) is 31.8 Å². The van der Waals surface area contributed by atoms with Crippen molar-refractivity contribution >= 4 is 22.0 Å². The summed E-state index contributed by atoms with van der Waals surface area (Å²) in [5, 5.41) is 14.2. The molecule has 2 aliphatic carbocycles. The zero-order valence-corrected chi connectivity index (χ0v) is 17.4. The van der Waals surface area contributed by atoms with Gasteiger partial charge < -0.3 is 10.4 Å². The van der Waals surface area contributed by atoms with E-state index in [1.54, 1.807) is 11.6 Å². The molecule has 1 saturated carbocycles. The fraction of sp³-hybridized carbons (Fsp3) is 0.435. The summed E-state index contributed by atoms with van der Waals surface area (Å²) in [6.45, 7) is 10.3. The first-order chi connectivity index (χ1) is 13.1. The van der Waals surface area contributed by atoms with Gasteiger partial charge >= 0.3 is 0 Å². The zero-order valence-electron chi connectivity index (χ0n) is 16.6. The van der Waals surface area contributed by atoms with Crippen molar-refractivity contribution < 1.29 is 5.11 Å². The summed E-state index contributed by atoms with van der Waals surface area (Å²) in [7, 11) is 0. The first-order valence-corrected chi connectivity index (χ1v) is 10.6. The number of aliphatic hydroxyl groups excluding tert-OH is 1. The van der Waals surface area contributed by atoms with Gasteiger partial charge in [-0.15, -0.1) is 0 Å². The highest BCUT2D eigenvalue weighted by Gasteiger charge is 2.31. The van der Waals surface area contributed by atoms with Crippen molar-refractivity contribution in [2.24, 2.45) is 11.8 Å². The van der Waals surface area contributed by atoms with Crippen LogP contribution >= 0.6 is 11.3 Å². The number of thiazole rings is 1. The summed E-state index contributed by atoms with van der Waals surface area (Å²) in [6, 6.07) is 0. The van der Waals surface area contributed by atoms with E-state index in [1.807, 2.05) is 25.2 Å². The van der Waals surface area contributed by atoms with Gasteiger partial charge in [-0.3, -0.25) is 0 Å². The van der Waals surface area contributed by atoms with Gasteiger partial charge in [0.05, 0.1) is 17.2 Å². The molecule has 0 amide bonds. The summed E-state index contributed by atoms with van der Waals surface area (Å²) in [6.07, 6.45) is 15.0. The van der Waals surface area contributed by atoms with Crippen molar-refractivity contribution in [2.75, 3.05) is 5.32 Å².